The molecular weight excluding hydrogens is 317 g/mol. The van der Waals surface area contributed by atoms with Gasteiger partial charge in [0.05, 0.1) is 17.6 Å². The smallest absolute Gasteiger partial charge is 0.315 e. The molecule has 0 fully saturated rings. The molecule has 0 unspecified atom stereocenters. The van der Waals surface area contributed by atoms with E-state index in [1.807, 2.05) is 0 Å². The fraction of sp³-hybridized carbons (Fsp3) is 0.200. The van der Waals surface area contributed by atoms with Gasteiger partial charge >= 0.3 is 6.18 Å². The molecule has 3 aromatic rings. The van der Waals surface area contributed by atoms with Gasteiger partial charge in [-0.2, -0.15) is 13.2 Å². The predicted molar refractivity (Wildman–Crippen MR) is 74.0 cm³/mol. The monoisotopic (exact) mass is 327 g/mol. The Morgan fingerprint density at radius 3 is 2.48 bits per heavy atom. The Labute approximate surface area is 127 Å². The quantitative estimate of drug-likeness (QED) is 0.668. The summed E-state index contributed by atoms with van der Waals surface area (Å²) in [5, 5.41) is 0. The standard InChI is InChI=1S/C15H10F5N3/c16-12(17)8-23-11-5-1-4-10(9-3-2-6-21-7-9)13(11)22-14(23)15(18,19)20/h1-7,12H,8H2. The maximum absolute atomic E-state index is 13.1. The molecular formula is C15H10F5N3. The molecule has 23 heavy (non-hydrogen) atoms. The zero-order valence-corrected chi connectivity index (χ0v) is 11.6. The van der Waals surface area contributed by atoms with Crippen molar-refractivity contribution in [3.05, 3.63) is 48.5 Å². The molecule has 0 aliphatic heterocycles. The first-order valence-corrected chi connectivity index (χ1v) is 6.63. The van der Waals surface area contributed by atoms with Crippen LogP contribution in [0.5, 0.6) is 0 Å². The van der Waals surface area contributed by atoms with Crippen molar-refractivity contribution in [2.24, 2.45) is 0 Å². The first-order valence-electron chi connectivity index (χ1n) is 6.63. The van der Waals surface area contributed by atoms with Crippen molar-refractivity contribution in [1.82, 2.24) is 14.5 Å². The summed E-state index contributed by atoms with van der Waals surface area (Å²) in [4.78, 5) is 7.51. The van der Waals surface area contributed by atoms with Crippen molar-refractivity contribution in [2.45, 2.75) is 19.1 Å². The summed E-state index contributed by atoms with van der Waals surface area (Å²) in [7, 11) is 0. The average Bonchev–Trinajstić information content (AvgIpc) is 2.86. The number of alkyl halides is 5. The molecule has 0 spiro atoms. The van der Waals surface area contributed by atoms with Crippen LogP contribution in [0.3, 0.4) is 0 Å². The van der Waals surface area contributed by atoms with Gasteiger partial charge < -0.3 is 4.57 Å². The molecule has 0 amide bonds. The molecule has 0 radical (unpaired) electrons. The summed E-state index contributed by atoms with van der Waals surface area (Å²) in [5.74, 6) is -1.33. The van der Waals surface area contributed by atoms with Crippen molar-refractivity contribution < 1.29 is 22.0 Å². The SMILES string of the molecule is FC(F)Cn1c(C(F)(F)F)nc2c(-c3cccnc3)cccc21. The molecule has 0 aliphatic rings. The minimum Gasteiger partial charge on any atom is -0.315 e. The summed E-state index contributed by atoms with van der Waals surface area (Å²) in [6, 6.07) is 7.74. The number of imidazole rings is 1. The number of rotatable bonds is 3. The number of aromatic nitrogens is 3. The van der Waals surface area contributed by atoms with Gasteiger partial charge in [-0.3, -0.25) is 4.98 Å². The lowest BCUT2D eigenvalue weighted by Gasteiger charge is -2.10. The van der Waals surface area contributed by atoms with Gasteiger partial charge in [0.25, 0.3) is 6.43 Å². The third kappa shape index (κ3) is 2.88. The van der Waals surface area contributed by atoms with Gasteiger partial charge in [-0.1, -0.05) is 18.2 Å². The summed E-state index contributed by atoms with van der Waals surface area (Å²) >= 11 is 0. The molecule has 0 saturated carbocycles. The number of hydrogen-bond acceptors (Lipinski definition) is 2. The van der Waals surface area contributed by atoms with Crippen LogP contribution in [-0.4, -0.2) is 21.0 Å². The molecule has 2 heterocycles. The molecule has 120 valence electrons. The average molecular weight is 327 g/mol. The normalized spacial score (nSPS) is 12.3. The first kappa shape index (κ1) is 15.4. The minimum absolute atomic E-state index is 0.0129. The lowest BCUT2D eigenvalue weighted by Crippen LogP contribution is -2.17. The van der Waals surface area contributed by atoms with E-state index in [1.54, 1.807) is 18.2 Å². The Balaban J connectivity index is 2.29. The number of benzene rings is 1. The molecule has 0 saturated heterocycles. The van der Waals surface area contributed by atoms with Crippen LogP contribution in [0.15, 0.2) is 42.7 Å². The Morgan fingerprint density at radius 2 is 1.87 bits per heavy atom. The fourth-order valence-corrected chi connectivity index (χ4v) is 2.44. The third-order valence-corrected chi connectivity index (χ3v) is 3.33. The number of halogens is 5. The third-order valence-electron chi connectivity index (χ3n) is 3.33. The highest BCUT2D eigenvalue weighted by molar-refractivity contribution is 5.92. The van der Waals surface area contributed by atoms with Crippen LogP contribution in [0.25, 0.3) is 22.2 Å². The van der Waals surface area contributed by atoms with Crippen LogP contribution in [0.1, 0.15) is 5.82 Å². The Bertz CT molecular complexity index is 824. The van der Waals surface area contributed by atoms with Gasteiger partial charge in [-0.15, -0.1) is 0 Å². The highest BCUT2D eigenvalue weighted by atomic mass is 19.4. The highest BCUT2D eigenvalue weighted by Crippen LogP contribution is 2.35. The predicted octanol–water partition coefficient (Wildman–Crippen LogP) is 4.38. The number of hydrogen-bond donors (Lipinski definition) is 0. The topological polar surface area (TPSA) is 30.7 Å². The van der Waals surface area contributed by atoms with Crippen molar-refractivity contribution in [3.8, 4) is 11.1 Å². The van der Waals surface area contributed by atoms with E-state index in [1.165, 1.54) is 24.5 Å². The molecule has 0 atom stereocenters. The van der Waals surface area contributed by atoms with Crippen molar-refractivity contribution in [1.29, 1.82) is 0 Å². The summed E-state index contributed by atoms with van der Waals surface area (Å²) in [5.41, 5.74) is 1.01. The van der Waals surface area contributed by atoms with Gasteiger partial charge in [0.15, 0.2) is 0 Å². The van der Waals surface area contributed by atoms with Gasteiger partial charge in [-0.25, -0.2) is 13.8 Å². The summed E-state index contributed by atoms with van der Waals surface area (Å²) < 4.78 is 65.3. The van der Waals surface area contributed by atoms with Gasteiger partial charge in [0, 0.05) is 23.5 Å². The van der Waals surface area contributed by atoms with Crippen molar-refractivity contribution >= 4 is 11.0 Å². The molecule has 3 nitrogen and oxygen atoms in total. The largest absolute Gasteiger partial charge is 0.449 e. The number of fused-ring (bicyclic) bond motifs is 1. The molecule has 0 N–H and O–H groups in total. The number of pyridine rings is 1. The van der Waals surface area contributed by atoms with Crippen LogP contribution in [0.4, 0.5) is 22.0 Å². The van der Waals surface area contributed by atoms with Gasteiger partial charge in [0.2, 0.25) is 5.82 Å². The molecule has 0 aliphatic carbocycles. The van der Waals surface area contributed by atoms with Crippen molar-refractivity contribution in [2.75, 3.05) is 0 Å². The van der Waals surface area contributed by atoms with Crippen LogP contribution in [-0.2, 0) is 12.7 Å². The number of para-hydroxylation sites is 1. The summed E-state index contributed by atoms with van der Waals surface area (Å²) in [6.07, 6.45) is -4.73. The lowest BCUT2D eigenvalue weighted by atomic mass is 10.1. The second kappa shape index (κ2) is 5.60. The maximum atomic E-state index is 13.1. The van der Waals surface area contributed by atoms with Crippen LogP contribution >= 0.6 is 0 Å². The molecule has 1 aromatic carbocycles. The van der Waals surface area contributed by atoms with E-state index in [0.717, 1.165) is 0 Å². The molecule has 2 aromatic heterocycles. The van der Waals surface area contributed by atoms with E-state index in [0.29, 0.717) is 15.7 Å². The Morgan fingerprint density at radius 1 is 1.09 bits per heavy atom. The van der Waals surface area contributed by atoms with Crippen LogP contribution in [0.2, 0.25) is 0 Å². The first-order chi connectivity index (χ1) is 10.9. The molecule has 8 heteroatoms. The zero-order chi connectivity index (χ0) is 16.6. The Kier molecular flexibility index (Phi) is 3.75. The number of nitrogens with zero attached hydrogens (tertiary/aromatic N) is 3. The van der Waals surface area contributed by atoms with Crippen molar-refractivity contribution in [3.63, 3.8) is 0 Å². The van der Waals surface area contributed by atoms with E-state index in [2.05, 4.69) is 9.97 Å². The van der Waals surface area contributed by atoms with Crippen LogP contribution in [0, 0.1) is 0 Å². The molecule has 0 bridgehead atoms. The highest BCUT2D eigenvalue weighted by Gasteiger charge is 2.38. The van der Waals surface area contributed by atoms with E-state index in [4.69, 9.17) is 0 Å². The van der Waals surface area contributed by atoms with E-state index >= 15 is 0 Å². The van der Waals surface area contributed by atoms with Gasteiger partial charge in [-0.05, 0) is 12.1 Å². The van der Waals surface area contributed by atoms with E-state index in [9.17, 15) is 22.0 Å². The second-order valence-corrected chi connectivity index (χ2v) is 4.85. The van der Waals surface area contributed by atoms with Crippen LogP contribution < -0.4 is 0 Å². The lowest BCUT2D eigenvalue weighted by molar-refractivity contribution is -0.147. The van der Waals surface area contributed by atoms with Gasteiger partial charge in [0.1, 0.15) is 0 Å². The fourth-order valence-electron chi connectivity index (χ4n) is 2.44. The minimum atomic E-state index is -4.82. The maximum Gasteiger partial charge on any atom is 0.449 e. The Hall–Kier alpha value is -2.51. The summed E-state index contributed by atoms with van der Waals surface area (Å²) in [6.45, 7) is -1.07. The van der Waals surface area contributed by atoms with E-state index in [-0.39, 0.29) is 11.0 Å². The van der Waals surface area contributed by atoms with E-state index < -0.39 is 25.0 Å². The molecule has 3 rings (SSSR count). The zero-order valence-electron chi connectivity index (χ0n) is 11.6. The second-order valence-electron chi connectivity index (χ2n) is 4.85.